The van der Waals surface area contributed by atoms with Gasteiger partial charge in [-0.15, -0.1) is 0 Å². The number of amides is 1. The van der Waals surface area contributed by atoms with Crippen LogP contribution in [0.5, 0.6) is 0 Å². The zero-order valence-corrected chi connectivity index (χ0v) is 12.5. The monoisotopic (exact) mass is 291 g/mol. The third kappa shape index (κ3) is 4.21. The summed E-state index contributed by atoms with van der Waals surface area (Å²) in [5.74, 6) is -0.108. The van der Waals surface area contributed by atoms with E-state index in [0.717, 1.165) is 19.3 Å². The second-order valence-corrected chi connectivity index (χ2v) is 5.39. The number of piperidine rings is 1. The van der Waals surface area contributed by atoms with Gasteiger partial charge in [-0.05, 0) is 51.3 Å². The van der Waals surface area contributed by atoms with Crippen molar-refractivity contribution in [1.29, 1.82) is 0 Å². The van der Waals surface area contributed by atoms with Crippen molar-refractivity contribution in [3.05, 3.63) is 30.2 Å². The lowest BCUT2D eigenvalue weighted by molar-refractivity contribution is -0.151. The summed E-state index contributed by atoms with van der Waals surface area (Å²) in [7, 11) is 0. The number of esters is 1. The molecular formula is C16H21NO4. The van der Waals surface area contributed by atoms with Crippen molar-refractivity contribution in [3.8, 4) is 0 Å². The Kier molecular flexibility index (Phi) is 5.20. The van der Waals surface area contributed by atoms with E-state index in [1.54, 1.807) is 12.1 Å². The van der Waals surface area contributed by atoms with E-state index >= 15 is 0 Å². The number of likely N-dealkylation sites (tertiary alicyclic amines) is 1. The summed E-state index contributed by atoms with van der Waals surface area (Å²) in [6.45, 7) is 3.86. The van der Waals surface area contributed by atoms with E-state index in [4.69, 9.17) is 9.15 Å². The Morgan fingerprint density at radius 1 is 1.38 bits per heavy atom. The molecule has 1 aromatic rings. The van der Waals surface area contributed by atoms with Crippen molar-refractivity contribution < 1.29 is 18.7 Å². The first kappa shape index (κ1) is 15.4. The fraction of sp³-hybridized carbons (Fsp3) is 0.500. The number of rotatable bonds is 4. The first-order valence-corrected chi connectivity index (χ1v) is 7.27. The molecule has 0 aliphatic carbocycles. The van der Waals surface area contributed by atoms with Gasteiger partial charge in [0.15, 0.2) is 6.61 Å². The minimum absolute atomic E-state index is 0.130. The Morgan fingerprint density at radius 2 is 2.10 bits per heavy atom. The van der Waals surface area contributed by atoms with Gasteiger partial charge in [0.25, 0.3) is 5.91 Å². The summed E-state index contributed by atoms with van der Waals surface area (Å²) in [6.07, 6.45) is 7.43. The van der Waals surface area contributed by atoms with E-state index in [0.29, 0.717) is 5.76 Å². The topological polar surface area (TPSA) is 59.8 Å². The summed E-state index contributed by atoms with van der Waals surface area (Å²) >= 11 is 0. The van der Waals surface area contributed by atoms with E-state index in [1.165, 1.54) is 18.4 Å². The van der Waals surface area contributed by atoms with E-state index in [2.05, 4.69) is 0 Å². The van der Waals surface area contributed by atoms with Gasteiger partial charge in [0, 0.05) is 18.2 Å². The average Bonchev–Trinajstić information content (AvgIpc) is 2.96. The molecule has 1 aliphatic rings. The minimum Gasteiger partial charge on any atom is -0.465 e. The highest BCUT2D eigenvalue weighted by atomic mass is 16.5. The van der Waals surface area contributed by atoms with Crippen LogP contribution in [0.1, 0.15) is 38.9 Å². The molecule has 5 heteroatoms. The van der Waals surface area contributed by atoms with Crippen molar-refractivity contribution in [1.82, 2.24) is 4.90 Å². The van der Waals surface area contributed by atoms with Crippen molar-refractivity contribution in [3.63, 3.8) is 0 Å². The Balaban J connectivity index is 1.81. The summed E-state index contributed by atoms with van der Waals surface area (Å²) in [6, 6.07) is 3.87. The molecule has 1 aromatic heterocycles. The van der Waals surface area contributed by atoms with Crippen molar-refractivity contribution >= 4 is 18.0 Å². The first-order chi connectivity index (χ1) is 10.1. The van der Waals surface area contributed by atoms with Crippen LogP contribution >= 0.6 is 0 Å². The molecule has 0 bridgehead atoms. The van der Waals surface area contributed by atoms with E-state index in [1.807, 2.05) is 18.7 Å². The molecule has 1 amide bonds. The van der Waals surface area contributed by atoms with Crippen LogP contribution in [-0.2, 0) is 14.3 Å². The summed E-state index contributed by atoms with van der Waals surface area (Å²) in [5.41, 5.74) is 0. The molecule has 0 radical (unpaired) electrons. The van der Waals surface area contributed by atoms with Gasteiger partial charge in [-0.3, -0.25) is 4.79 Å². The highest BCUT2D eigenvalue weighted by Gasteiger charge is 2.29. The summed E-state index contributed by atoms with van der Waals surface area (Å²) < 4.78 is 10.1. The lowest BCUT2D eigenvalue weighted by atomic mass is 9.97. The molecule has 1 aliphatic heterocycles. The number of carbonyl (C=O) groups excluding carboxylic acids is 2. The molecule has 114 valence electrons. The number of ether oxygens (including phenoxy) is 1. The molecule has 21 heavy (non-hydrogen) atoms. The number of hydrogen-bond donors (Lipinski definition) is 0. The van der Waals surface area contributed by atoms with Crippen molar-refractivity contribution in [2.24, 2.45) is 0 Å². The molecule has 2 rings (SSSR count). The van der Waals surface area contributed by atoms with Crippen LogP contribution in [0.3, 0.4) is 0 Å². The van der Waals surface area contributed by atoms with Crippen LogP contribution in [-0.4, -0.2) is 35.5 Å². The third-order valence-electron chi connectivity index (χ3n) is 3.75. The van der Waals surface area contributed by atoms with Gasteiger partial charge in [-0.2, -0.15) is 0 Å². The second-order valence-electron chi connectivity index (χ2n) is 5.39. The number of hydrogen-bond acceptors (Lipinski definition) is 4. The largest absolute Gasteiger partial charge is 0.465 e. The molecule has 0 unspecified atom stereocenters. The zero-order chi connectivity index (χ0) is 15.2. The lowest BCUT2D eigenvalue weighted by Crippen LogP contribution is -2.49. The molecule has 0 N–H and O–H groups in total. The summed E-state index contributed by atoms with van der Waals surface area (Å²) in [5, 5.41) is 0. The zero-order valence-electron chi connectivity index (χ0n) is 12.5. The van der Waals surface area contributed by atoms with Gasteiger partial charge in [-0.1, -0.05) is 0 Å². The summed E-state index contributed by atoms with van der Waals surface area (Å²) in [4.78, 5) is 25.6. The predicted octanol–water partition coefficient (Wildman–Crippen LogP) is 2.63. The molecule has 0 spiro atoms. The van der Waals surface area contributed by atoms with Crippen LogP contribution in [0.25, 0.3) is 6.08 Å². The minimum atomic E-state index is -0.544. The van der Waals surface area contributed by atoms with Crippen LogP contribution < -0.4 is 0 Å². The average molecular weight is 291 g/mol. The maximum absolute atomic E-state index is 12.2. The van der Waals surface area contributed by atoms with Crippen molar-refractivity contribution in [2.45, 2.75) is 45.2 Å². The first-order valence-electron chi connectivity index (χ1n) is 7.27. The van der Waals surface area contributed by atoms with Gasteiger partial charge in [0.1, 0.15) is 5.76 Å². The quantitative estimate of drug-likeness (QED) is 0.632. The fourth-order valence-corrected chi connectivity index (χ4v) is 2.70. The maximum Gasteiger partial charge on any atom is 0.331 e. The normalized spacial score (nSPS) is 22.5. The smallest absolute Gasteiger partial charge is 0.331 e. The number of furan rings is 1. The van der Waals surface area contributed by atoms with E-state index < -0.39 is 5.97 Å². The number of carbonyl (C=O) groups is 2. The van der Waals surface area contributed by atoms with Crippen molar-refractivity contribution in [2.75, 3.05) is 6.61 Å². The van der Waals surface area contributed by atoms with Gasteiger partial charge >= 0.3 is 5.97 Å². The standard InChI is InChI=1S/C16H21NO4/c1-12-5-3-6-13(2)17(12)15(18)11-21-16(19)9-8-14-7-4-10-20-14/h4,7-10,12-13H,3,5-6,11H2,1-2H3/b9-8+/t12-,13-/m0/s1. The van der Waals surface area contributed by atoms with Gasteiger partial charge in [-0.25, -0.2) is 4.79 Å². The molecule has 0 aromatic carbocycles. The molecule has 0 saturated carbocycles. The van der Waals surface area contributed by atoms with Crippen LogP contribution in [0.2, 0.25) is 0 Å². The van der Waals surface area contributed by atoms with Gasteiger partial charge in [0.2, 0.25) is 0 Å². The van der Waals surface area contributed by atoms with Crippen LogP contribution in [0, 0.1) is 0 Å². The Hall–Kier alpha value is -2.04. The van der Waals surface area contributed by atoms with E-state index in [9.17, 15) is 9.59 Å². The van der Waals surface area contributed by atoms with Crippen LogP contribution in [0.15, 0.2) is 28.9 Å². The molecule has 1 fully saturated rings. The Bertz CT molecular complexity index is 496. The molecule has 2 heterocycles. The third-order valence-corrected chi connectivity index (χ3v) is 3.75. The predicted molar refractivity (Wildman–Crippen MR) is 78.3 cm³/mol. The molecular weight excluding hydrogens is 270 g/mol. The fourth-order valence-electron chi connectivity index (χ4n) is 2.70. The Morgan fingerprint density at radius 3 is 2.71 bits per heavy atom. The van der Waals surface area contributed by atoms with Gasteiger partial charge in [0.05, 0.1) is 6.26 Å². The highest BCUT2D eigenvalue weighted by molar-refractivity contribution is 5.89. The number of nitrogens with zero attached hydrogens (tertiary/aromatic N) is 1. The van der Waals surface area contributed by atoms with Crippen LogP contribution in [0.4, 0.5) is 0 Å². The van der Waals surface area contributed by atoms with Gasteiger partial charge < -0.3 is 14.1 Å². The SMILES string of the molecule is C[C@H]1CCC[C@H](C)N1C(=O)COC(=O)/C=C/c1ccco1. The maximum atomic E-state index is 12.2. The highest BCUT2D eigenvalue weighted by Crippen LogP contribution is 2.22. The molecule has 2 atom stereocenters. The molecule has 1 saturated heterocycles. The lowest BCUT2D eigenvalue weighted by Gasteiger charge is -2.38. The Labute approximate surface area is 124 Å². The molecule has 5 nitrogen and oxygen atoms in total. The van der Waals surface area contributed by atoms with E-state index in [-0.39, 0.29) is 24.6 Å². The second kappa shape index (κ2) is 7.11.